The van der Waals surface area contributed by atoms with Gasteiger partial charge >= 0.3 is 0 Å². The summed E-state index contributed by atoms with van der Waals surface area (Å²) >= 11 is 5.90. The normalized spacial score (nSPS) is 15.8. The summed E-state index contributed by atoms with van der Waals surface area (Å²) in [6.07, 6.45) is 3.31. The standard InChI is InChI=1S/C13H10ClF2N/c1-8-11(14)5-6-13(17(8)2)10-4-3-9(15)7-12(10)16/h3-7H,1H2,2H3. The minimum atomic E-state index is -0.609. The molecule has 1 aromatic rings. The van der Waals surface area contributed by atoms with Crippen LogP contribution in [0.15, 0.2) is 47.7 Å². The molecule has 0 aliphatic carbocycles. The monoisotopic (exact) mass is 253 g/mol. The predicted molar refractivity (Wildman–Crippen MR) is 65.2 cm³/mol. The molecule has 1 nitrogen and oxygen atoms in total. The summed E-state index contributed by atoms with van der Waals surface area (Å²) in [4.78, 5) is 1.67. The fraction of sp³-hybridized carbons (Fsp3) is 0.0769. The summed E-state index contributed by atoms with van der Waals surface area (Å²) in [5.74, 6) is -1.21. The summed E-state index contributed by atoms with van der Waals surface area (Å²) in [6, 6.07) is 3.47. The van der Waals surface area contributed by atoms with E-state index in [1.54, 1.807) is 24.1 Å². The predicted octanol–water partition coefficient (Wildman–Crippen LogP) is 3.89. The highest BCUT2D eigenvalue weighted by Crippen LogP contribution is 2.31. The second kappa shape index (κ2) is 4.34. The smallest absolute Gasteiger partial charge is 0.135 e. The van der Waals surface area contributed by atoms with Crippen molar-refractivity contribution in [3.63, 3.8) is 0 Å². The molecule has 1 aliphatic rings. The van der Waals surface area contributed by atoms with E-state index in [4.69, 9.17) is 11.6 Å². The maximum atomic E-state index is 13.6. The van der Waals surface area contributed by atoms with E-state index in [-0.39, 0.29) is 0 Å². The Morgan fingerprint density at radius 3 is 2.59 bits per heavy atom. The molecule has 2 rings (SSSR count). The Morgan fingerprint density at radius 1 is 1.24 bits per heavy atom. The lowest BCUT2D eigenvalue weighted by Crippen LogP contribution is -2.18. The average Bonchev–Trinajstić information content (AvgIpc) is 2.28. The lowest BCUT2D eigenvalue weighted by molar-refractivity contribution is 0.565. The van der Waals surface area contributed by atoms with E-state index < -0.39 is 11.6 Å². The highest BCUT2D eigenvalue weighted by molar-refractivity contribution is 6.32. The third-order valence-corrected chi connectivity index (χ3v) is 2.98. The van der Waals surface area contributed by atoms with Crippen LogP contribution in [-0.4, -0.2) is 11.9 Å². The molecule has 0 atom stereocenters. The summed E-state index contributed by atoms with van der Waals surface area (Å²) in [5.41, 5.74) is 1.49. The van der Waals surface area contributed by atoms with Gasteiger partial charge < -0.3 is 4.90 Å². The Kier molecular flexibility index (Phi) is 3.03. The molecular formula is C13H10ClF2N. The van der Waals surface area contributed by atoms with Gasteiger partial charge in [-0.2, -0.15) is 0 Å². The molecule has 0 aromatic heterocycles. The summed E-state index contributed by atoms with van der Waals surface area (Å²) in [7, 11) is 1.73. The van der Waals surface area contributed by atoms with Crippen molar-refractivity contribution < 1.29 is 8.78 Å². The van der Waals surface area contributed by atoms with Crippen molar-refractivity contribution in [2.24, 2.45) is 0 Å². The van der Waals surface area contributed by atoms with E-state index in [0.29, 0.717) is 22.0 Å². The number of halogens is 3. The molecule has 88 valence electrons. The Hall–Kier alpha value is -1.61. The second-order valence-electron chi connectivity index (χ2n) is 3.70. The lowest BCUT2D eigenvalue weighted by Gasteiger charge is -2.27. The zero-order valence-corrected chi connectivity index (χ0v) is 9.93. The maximum Gasteiger partial charge on any atom is 0.135 e. The highest BCUT2D eigenvalue weighted by Gasteiger charge is 2.18. The van der Waals surface area contributed by atoms with Gasteiger partial charge in [0.2, 0.25) is 0 Å². The third-order valence-electron chi connectivity index (χ3n) is 2.64. The molecule has 0 radical (unpaired) electrons. The van der Waals surface area contributed by atoms with Gasteiger partial charge in [0, 0.05) is 18.7 Å². The molecule has 0 saturated heterocycles. The van der Waals surface area contributed by atoms with Gasteiger partial charge in [-0.25, -0.2) is 8.78 Å². The minimum Gasteiger partial charge on any atom is -0.343 e. The van der Waals surface area contributed by atoms with E-state index in [1.165, 1.54) is 12.1 Å². The summed E-state index contributed by atoms with van der Waals surface area (Å²) in [5, 5.41) is 0.499. The van der Waals surface area contributed by atoms with Crippen LogP contribution in [0.25, 0.3) is 5.70 Å². The van der Waals surface area contributed by atoms with Crippen LogP contribution in [0.1, 0.15) is 5.56 Å². The molecule has 0 bridgehead atoms. The van der Waals surface area contributed by atoms with Crippen molar-refractivity contribution in [3.05, 3.63) is 64.9 Å². The van der Waals surface area contributed by atoms with Gasteiger partial charge in [0.25, 0.3) is 0 Å². The van der Waals surface area contributed by atoms with Gasteiger partial charge in [0.15, 0.2) is 0 Å². The first kappa shape index (κ1) is 11.9. The van der Waals surface area contributed by atoms with Crippen LogP contribution in [0, 0.1) is 11.6 Å². The van der Waals surface area contributed by atoms with Crippen LogP contribution in [0.4, 0.5) is 8.78 Å². The van der Waals surface area contributed by atoms with Crippen LogP contribution in [0.3, 0.4) is 0 Å². The Balaban J connectivity index is 2.51. The average molecular weight is 254 g/mol. The van der Waals surface area contributed by atoms with Crippen molar-refractivity contribution in [2.45, 2.75) is 0 Å². The third kappa shape index (κ3) is 2.11. The zero-order valence-electron chi connectivity index (χ0n) is 9.17. The zero-order chi connectivity index (χ0) is 12.6. The number of likely N-dealkylation sites (N-methyl/N-ethyl adjacent to an activating group) is 1. The lowest BCUT2D eigenvalue weighted by atomic mass is 10.1. The van der Waals surface area contributed by atoms with E-state index in [2.05, 4.69) is 6.58 Å². The Bertz CT molecular complexity index is 546. The number of hydrogen-bond acceptors (Lipinski definition) is 1. The highest BCUT2D eigenvalue weighted by atomic mass is 35.5. The maximum absolute atomic E-state index is 13.6. The molecule has 0 fully saturated rings. The van der Waals surface area contributed by atoms with Crippen LogP contribution in [-0.2, 0) is 0 Å². The van der Waals surface area contributed by atoms with Crippen LogP contribution < -0.4 is 0 Å². The first-order chi connectivity index (χ1) is 8.00. The quantitative estimate of drug-likeness (QED) is 0.734. The molecule has 0 unspecified atom stereocenters. The van der Waals surface area contributed by atoms with Crippen molar-refractivity contribution in [2.75, 3.05) is 7.05 Å². The molecule has 4 heteroatoms. The molecule has 0 saturated carbocycles. The molecule has 0 amide bonds. The molecule has 0 N–H and O–H groups in total. The molecule has 1 heterocycles. The van der Waals surface area contributed by atoms with E-state index in [0.717, 1.165) is 6.07 Å². The van der Waals surface area contributed by atoms with Crippen LogP contribution >= 0.6 is 11.6 Å². The van der Waals surface area contributed by atoms with E-state index in [9.17, 15) is 8.78 Å². The van der Waals surface area contributed by atoms with Gasteiger partial charge in [-0.15, -0.1) is 0 Å². The number of allylic oxidation sites excluding steroid dienone is 3. The topological polar surface area (TPSA) is 3.24 Å². The molecule has 0 spiro atoms. The van der Waals surface area contributed by atoms with E-state index in [1.807, 2.05) is 0 Å². The van der Waals surface area contributed by atoms with Gasteiger partial charge in [-0.3, -0.25) is 0 Å². The summed E-state index contributed by atoms with van der Waals surface area (Å²) in [6.45, 7) is 3.79. The van der Waals surface area contributed by atoms with Crippen molar-refractivity contribution in [3.8, 4) is 0 Å². The second-order valence-corrected chi connectivity index (χ2v) is 4.10. The Morgan fingerprint density at radius 2 is 1.94 bits per heavy atom. The van der Waals surface area contributed by atoms with Crippen LogP contribution in [0.5, 0.6) is 0 Å². The SMILES string of the molecule is C=C1C(Cl)=CC=C(c2ccc(F)cc2F)N1C. The summed E-state index contributed by atoms with van der Waals surface area (Å²) < 4.78 is 26.5. The first-order valence-corrected chi connectivity index (χ1v) is 5.34. The van der Waals surface area contributed by atoms with Gasteiger partial charge in [0.1, 0.15) is 11.6 Å². The van der Waals surface area contributed by atoms with Crippen molar-refractivity contribution >= 4 is 17.3 Å². The molecule has 1 aromatic carbocycles. The largest absolute Gasteiger partial charge is 0.343 e. The number of nitrogens with zero attached hydrogens (tertiary/aromatic N) is 1. The number of hydrogen-bond donors (Lipinski definition) is 0. The number of benzene rings is 1. The fourth-order valence-electron chi connectivity index (χ4n) is 1.63. The van der Waals surface area contributed by atoms with Gasteiger partial charge in [0.05, 0.1) is 16.4 Å². The van der Waals surface area contributed by atoms with E-state index >= 15 is 0 Å². The Labute approximate surface area is 103 Å². The van der Waals surface area contributed by atoms with Crippen molar-refractivity contribution in [1.29, 1.82) is 0 Å². The molecule has 1 aliphatic heterocycles. The fourth-order valence-corrected chi connectivity index (χ4v) is 1.82. The minimum absolute atomic E-state index is 0.315. The number of rotatable bonds is 1. The first-order valence-electron chi connectivity index (χ1n) is 4.96. The van der Waals surface area contributed by atoms with Gasteiger partial charge in [-0.05, 0) is 24.3 Å². The van der Waals surface area contributed by atoms with Gasteiger partial charge in [-0.1, -0.05) is 18.2 Å². The van der Waals surface area contributed by atoms with Crippen LogP contribution in [0.2, 0.25) is 0 Å². The molecular weight excluding hydrogens is 244 g/mol. The molecule has 17 heavy (non-hydrogen) atoms. The van der Waals surface area contributed by atoms with Crippen molar-refractivity contribution in [1.82, 2.24) is 4.90 Å².